The van der Waals surface area contributed by atoms with Gasteiger partial charge >= 0.3 is 5.97 Å². The molecule has 0 radical (unpaired) electrons. The summed E-state index contributed by atoms with van der Waals surface area (Å²) in [6, 6.07) is 1.42. The lowest BCUT2D eigenvalue weighted by atomic mass is 10.0. The molecule has 0 saturated carbocycles. The summed E-state index contributed by atoms with van der Waals surface area (Å²) >= 11 is 0. The van der Waals surface area contributed by atoms with E-state index in [-0.39, 0.29) is 11.6 Å². The molecular formula is C11H15N3O4. The van der Waals surface area contributed by atoms with Gasteiger partial charge in [0.15, 0.2) is 0 Å². The summed E-state index contributed by atoms with van der Waals surface area (Å²) in [5.74, 6) is -1.59. The number of carbonyl (C=O) groups is 2. The minimum Gasteiger partial charge on any atom is -0.480 e. The van der Waals surface area contributed by atoms with Gasteiger partial charge in [-0.25, -0.2) is 9.89 Å². The highest BCUT2D eigenvalue weighted by Crippen LogP contribution is 2.05. The maximum Gasteiger partial charge on any atom is 0.326 e. The molecule has 98 valence electrons. The van der Waals surface area contributed by atoms with Crippen molar-refractivity contribution >= 4 is 11.9 Å². The summed E-state index contributed by atoms with van der Waals surface area (Å²) in [7, 11) is 0. The van der Waals surface area contributed by atoms with E-state index in [0.717, 1.165) is 6.07 Å². The van der Waals surface area contributed by atoms with Crippen LogP contribution < -0.4 is 10.9 Å². The third kappa shape index (κ3) is 4.00. The number of nitrogens with zero attached hydrogens (tertiary/aromatic N) is 1. The van der Waals surface area contributed by atoms with Gasteiger partial charge in [-0.2, -0.15) is 5.10 Å². The molecule has 0 bridgehead atoms. The highest BCUT2D eigenvalue weighted by Gasteiger charge is 2.22. The minimum atomic E-state index is -1.10. The topological polar surface area (TPSA) is 112 Å². The van der Waals surface area contributed by atoms with Gasteiger partial charge in [0.1, 0.15) is 11.7 Å². The van der Waals surface area contributed by atoms with Crippen LogP contribution in [0.2, 0.25) is 0 Å². The first-order valence-electron chi connectivity index (χ1n) is 5.49. The number of aromatic nitrogens is 2. The zero-order chi connectivity index (χ0) is 13.7. The highest BCUT2D eigenvalue weighted by molar-refractivity contribution is 5.94. The molecular weight excluding hydrogens is 238 g/mol. The first-order valence-corrected chi connectivity index (χ1v) is 5.49. The summed E-state index contributed by atoms with van der Waals surface area (Å²) in [5.41, 5.74) is -0.451. The van der Waals surface area contributed by atoms with Crippen LogP contribution in [0, 0.1) is 5.92 Å². The van der Waals surface area contributed by atoms with Crippen molar-refractivity contribution in [1.29, 1.82) is 0 Å². The Morgan fingerprint density at radius 2 is 2.11 bits per heavy atom. The second kappa shape index (κ2) is 5.95. The van der Waals surface area contributed by atoms with Crippen LogP contribution in [0.1, 0.15) is 30.8 Å². The lowest BCUT2D eigenvalue weighted by Gasteiger charge is -2.15. The van der Waals surface area contributed by atoms with Crippen molar-refractivity contribution in [3.05, 3.63) is 28.2 Å². The van der Waals surface area contributed by atoms with Crippen molar-refractivity contribution in [1.82, 2.24) is 15.5 Å². The maximum absolute atomic E-state index is 11.7. The van der Waals surface area contributed by atoms with Crippen LogP contribution in [-0.4, -0.2) is 33.2 Å². The molecule has 0 fully saturated rings. The Morgan fingerprint density at radius 1 is 1.44 bits per heavy atom. The van der Waals surface area contributed by atoms with Crippen molar-refractivity contribution in [3.63, 3.8) is 0 Å². The molecule has 1 heterocycles. The number of aromatic amines is 1. The van der Waals surface area contributed by atoms with Crippen LogP contribution in [0.4, 0.5) is 0 Å². The van der Waals surface area contributed by atoms with Gasteiger partial charge in [-0.05, 0) is 18.4 Å². The number of rotatable bonds is 5. The molecule has 1 atom stereocenters. The highest BCUT2D eigenvalue weighted by atomic mass is 16.4. The van der Waals surface area contributed by atoms with Gasteiger partial charge in [0, 0.05) is 6.07 Å². The zero-order valence-electron chi connectivity index (χ0n) is 10.1. The number of H-pyrrole nitrogens is 1. The molecule has 7 nitrogen and oxygen atoms in total. The summed E-state index contributed by atoms with van der Waals surface area (Å²) in [4.78, 5) is 33.4. The molecule has 0 aromatic carbocycles. The summed E-state index contributed by atoms with van der Waals surface area (Å²) in [6.45, 7) is 3.72. The smallest absolute Gasteiger partial charge is 0.326 e. The van der Waals surface area contributed by atoms with E-state index >= 15 is 0 Å². The Morgan fingerprint density at radius 3 is 2.56 bits per heavy atom. The number of hydrogen-bond acceptors (Lipinski definition) is 4. The molecule has 1 aromatic rings. The monoisotopic (exact) mass is 253 g/mol. The van der Waals surface area contributed by atoms with Crippen molar-refractivity contribution < 1.29 is 14.7 Å². The van der Waals surface area contributed by atoms with Gasteiger partial charge in [0.2, 0.25) is 0 Å². The normalized spacial score (nSPS) is 12.2. The lowest BCUT2D eigenvalue weighted by Crippen LogP contribution is -2.42. The van der Waals surface area contributed by atoms with Gasteiger partial charge in [0.25, 0.3) is 11.5 Å². The molecule has 3 N–H and O–H groups in total. The average Bonchev–Trinajstić information content (AvgIpc) is 2.28. The first kappa shape index (κ1) is 13.9. The number of carboxylic acids is 1. The van der Waals surface area contributed by atoms with Crippen molar-refractivity contribution in [3.8, 4) is 0 Å². The van der Waals surface area contributed by atoms with E-state index in [4.69, 9.17) is 5.11 Å². The molecule has 1 aromatic heterocycles. The van der Waals surface area contributed by atoms with Crippen LogP contribution in [0.5, 0.6) is 0 Å². The molecule has 7 heteroatoms. The summed E-state index contributed by atoms with van der Waals surface area (Å²) in [5, 5.41) is 17.0. The van der Waals surface area contributed by atoms with Crippen LogP contribution in [0.3, 0.4) is 0 Å². The standard InChI is InChI=1S/C11H15N3O4/c1-6(2)5-8(11(17)18)12-10(16)7-3-4-9(15)14-13-7/h3-4,6,8H,5H2,1-2H3,(H,12,16)(H,14,15)(H,17,18)/t8-/m1/s1. The Labute approximate surface area is 103 Å². The molecule has 0 spiro atoms. The Hall–Kier alpha value is -2.18. The Bertz CT molecular complexity index is 475. The molecule has 1 rings (SSSR count). The predicted molar refractivity (Wildman–Crippen MR) is 63.2 cm³/mol. The van der Waals surface area contributed by atoms with Crippen LogP contribution in [0.15, 0.2) is 16.9 Å². The molecule has 0 saturated heterocycles. The van der Waals surface area contributed by atoms with Crippen LogP contribution in [0.25, 0.3) is 0 Å². The molecule has 0 aliphatic rings. The fourth-order valence-electron chi connectivity index (χ4n) is 1.40. The second-order valence-electron chi connectivity index (χ2n) is 4.30. The van der Waals surface area contributed by atoms with Crippen molar-refractivity contribution in [2.24, 2.45) is 5.92 Å². The van der Waals surface area contributed by atoms with E-state index in [1.165, 1.54) is 6.07 Å². The molecule has 0 aliphatic carbocycles. The quantitative estimate of drug-likeness (QED) is 0.683. The molecule has 0 unspecified atom stereocenters. The SMILES string of the molecule is CC(C)C[C@@H](NC(=O)c1ccc(=O)[nH]n1)C(=O)O. The fraction of sp³-hybridized carbons (Fsp3) is 0.455. The zero-order valence-corrected chi connectivity index (χ0v) is 10.1. The number of carbonyl (C=O) groups excluding carboxylic acids is 1. The van der Waals surface area contributed by atoms with Gasteiger partial charge in [-0.1, -0.05) is 13.8 Å². The fourth-order valence-corrected chi connectivity index (χ4v) is 1.40. The maximum atomic E-state index is 11.7. The lowest BCUT2D eigenvalue weighted by molar-refractivity contribution is -0.139. The summed E-state index contributed by atoms with van der Waals surface area (Å²) < 4.78 is 0. The van der Waals surface area contributed by atoms with E-state index in [9.17, 15) is 14.4 Å². The van der Waals surface area contributed by atoms with E-state index in [1.54, 1.807) is 0 Å². The molecule has 18 heavy (non-hydrogen) atoms. The predicted octanol–water partition coefficient (Wildman–Crippen LogP) is -0.00100. The number of nitrogens with one attached hydrogen (secondary N) is 2. The van der Waals surface area contributed by atoms with Crippen LogP contribution in [-0.2, 0) is 4.79 Å². The van der Waals surface area contributed by atoms with Crippen molar-refractivity contribution in [2.75, 3.05) is 0 Å². The number of hydrogen-bond donors (Lipinski definition) is 3. The van der Waals surface area contributed by atoms with E-state index in [0.29, 0.717) is 6.42 Å². The Kier molecular flexibility index (Phi) is 4.59. The number of carboxylic acid groups (broad SMARTS) is 1. The minimum absolute atomic E-state index is 0.0235. The van der Waals surface area contributed by atoms with Gasteiger partial charge in [-0.3, -0.25) is 9.59 Å². The Balaban J connectivity index is 2.75. The molecule has 1 amide bonds. The average molecular weight is 253 g/mol. The van der Waals surface area contributed by atoms with Gasteiger partial charge in [-0.15, -0.1) is 0 Å². The van der Waals surface area contributed by atoms with E-state index < -0.39 is 23.5 Å². The third-order valence-electron chi connectivity index (χ3n) is 2.22. The number of amides is 1. The van der Waals surface area contributed by atoms with Crippen LogP contribution >= 0.6 is 0 Å². The third-order valence-corrected chi connectivity index (χ3v) is 2.22. The van der Waals surface area contributed by atoms with E-state index in [2.05, 4.69) is 15.5 Å². The van der Waals surface area contributed by atoms with Crippen molar-refractivity contribution in [2.45, 2.75) is 26.3 Å². The second-order valence-corrected chi connectivity index (χ2v) is 4.30. The van der Waals surface area contributed by atoms with Gasteiger partial charge in [0.05, 0.1) is 0 Å². The van der Waals surface area contributed by atoms with Gasteiger partial charge < -0.3 is 10.4 Å². The largest absolute Gasteiger partial charge is 0.480 e. The van der Waals surface area contributed by atoms with E-state index in [1.807, 2.05) is 13.8 Å². The summed E-state index contributed by atoms with van der Waals surface area (Å²) in [6.07, 6.45) is 0.324. The molecule has 0 aliphatic heterocycles. The first-order chi connectivity index (χ1) is 8.40. The number of aliphatic carboxylic acids is 1.